The lowest BCUT2D eigenvalue weighted by molar-refractivity contribution is 0.0448. The highest BCUT2D eigenvalue weighted by Gasteiger charge is 2.13. The van der Waals surface area contributed by atoms with Crippen LogP contribution in [0, 0.1) is 6.92 Å². The summed E-state index contributed by atoms with van der Waals surface area (Å²) in [5.74, 6) is 1.50. The molecule has 0 aromatic heterocycles. The molecular weight excluding hydrogens is 412 g/mol. The molecule has 2 aromatic carbocycles. The fraction of sp³-hybridized carbons (Fsp3) is 0.379. The first-order valence-electron chi connectivity index (χ1n) is 11.4. The minimum atomic E-state index is 0.172. The summed E-state index contributed by atoms with van der Waals surface area (Å²) in [6.45, 7) is 8.86. The number of hydrogen-bond donors (Lipinski definition) is 0. The van der Waals surface area contributed by atoms with Crippen LogP contribution in [0.3, 0.4) is 0 Å². The summed E-state index contributed by atoms with van der Waals surface area (Å²) in [7, 11) is 3.24. The van der Waals surface area contributed by atoms with Crippen LogP contribution in [0.5, 0.6) is 11.5 Å². The molecule has 33 heavy (non-hydrogen) atoms. The van der Waals surface area contributed by atoms with E-state index in [0.717, 1.165) is 41.0 Å². The maximum Gasteiger partial charge on any atom is 0.188 e. The second kappa shape index (κ2) is 14.4. The molecule has 0 fully saturated rings. The zero-order valence-electron chi connectivity index (χ0n) is 20.9. The third-order valence-electron chi connectivity index (χ3n) is 5.15. The Labute approximate surface area is 199 Å². The lowest BCUT2D eigenvalue weighted by Crippen LogP contribution is -2.06. The zero-order chi connectivity index (χ0) is 24.1. The largest absolute Gasteiger partial charge is 0.467 e. The normalized spacial score (nSPS) is 11.6. The van der Waals surface area contributed by atoms with Gasteiger partial charge in [0.05, 0.1) is 0 Å². The molecule has 0 aliphatic carbocycles. The van der Waals surface area contributed by atoms with Crippen molar-refractivity contribution in [1.82, 2.24) is 0 Å². The third-order valence-corrected chi connectivity index (χ3v) is 5.15. The van der Waals surface area contributed by atoms with E-state index >= 15 is 0 Å². The molecule has 0 radical (unpaired) electrons. The van der Waals surface area contributed by atoms with Crippen LogP contribution in [0.1, 0.15) is 55.9 Å². The minimum absolute atomic E-state index is 0.172. The lowest BCUT2D eigenvalue weighted by Gasteiger charge is -2.16. The van der Waals surface area contributed by atoms with Crippen molar-refractivity contribution >= 4 is 12.2 Å². The Hall–Kier alpha value is -2.82. The maximum absolute atomic E-state index is 5.94. The van der Waals surface area contributed by atoms with Crippen molar-refractivity contribution in [1.29, 1.82) is 0 Å². The Bertz CT molecular complexity index is 919. The number of ether oxygens (including phenoxy) is 4. The predicted molar refractivity (Wildman–Crippen MR) is 138 cm³/mol. The van der Waals surface area contributed by atoms with E-state index in [4.69, 9.17) is 18.9 Å². The molecular formula is C29H38O4. The molecule has 0 saturated heterocycles. The van der Waals surface area contributed by atoms with Crippen molar-refractivity contribution in [2.45, 2.75) is 47.0 Å². The first kappa shape index (κ1) is 26.4. The van der Waals surface area contributed by atoms with Crippen molar-refractivity contribution in [2.24, 2.45) is 0 Å². The summed E-state index contributed by atoms with van der Waals surface area (Å²) >= 11 is 0. The Morgan fingerprint density at radius 2 is 1.36 bits per heavy atom. The van der Waals surface area contributed by atoms with E-state index in [1.54, 1.807) is 14.2 Å². The lowest BCUT2D eigenvalue weighted by atomic mass is 10.0. The Balaban J connectivity index is 2.34. The van der Waals surface area contributed by atoms with E-state index < -0.39 is 0 Å². The second-order valence-electron chi connectivity index (χ2n) is 8.42. The molecule has 0 bridgehead atoms. The number of hydrogen-bond acceptors (Lipinski definition) is 4. The molecule has 4 nitrogen and oxygen atoms in total. The molecule has 4 heteroatoms. The zero-order valence-corrected chi connectivity index (χ0v) is 20.9. The summed E-state index contributed by atoms with van der Waals surface area (Å²) < 4.78 is 22.2. The van der Waals surface area contributed by atoms with Gasteiger partial charge in [-0.2, -0.15) is 0 Å². The SMILES string of the molecule is COCOc1cc(/C=C/c2ccc(C)cc2)cc(OCOC)c1C/C=C(\C)CCC=C(C)C. The van der Waals surface area contributed by atoms with Crippen LogP contribution in [0.25, 0.3) is 12.2 Å². The fourth-order valence-corrected chi connectivity index (χ4v) is 3.28. The standard InChI is InChI=1S/C29H38O4/c1-22(2)8-7-9-23(3)12-17-27-28(32-20-30-5)18-26(19-29(27)33-21-31-6)16-15-25-13-10-24(4)11-14-25/h8,10-16,18-19H,7,9,17,20-21H2,1-6H3/b16-15+,23-12+. The smallest absolute Gasteiger partial charge is 0.188 e. The molecule has 0 aliphatic rings. The molecule has 0 saturated carbocycles. The number of aryl methyl sites for hydroxylation is 1. The highest BCUT2D eigenvalue weighted by atomic mass is 16.7. The van der Waals surface area contributed by atoms with Crippen molar-refractivity contribution in [2.75, 3.05) is 27.8 Å². The van der Waals surface area contributed by atoms with Crippen LogP contribution < -0.4 is 9.47 Å². The molecule has 0 atom stereocenters. The monoisotopic (exact) mass is 450 g/mol. The third kappa shape index (κ3) is 9.68. The topological polar surface area (TPSA) is 36.9 Å². The van der Waals surface area contributed by atoms with E-state index in [1.165, 1.54) is 16.7 Å². The van der Waals surface area contributed by atoms with Gasteiger partial charge in [0.1, 0.15) is 11.5 Å². The van der Waals surface area contributed by atoms with Crippen molar-refractivity contribution in [3.05, 3.63) is 82.0 Å². The molecule has 0 unspecified atom stereocenters. The fourth-order valence-electron chi connectivity index (χ4n) is 3.28. The first-order valence-corrected chi connectivity index (χ1v) is 11.4. The van der Waals surface area contributed by atoms with Crippen molar-refractivity contribution < 1.29 is 18.9 Å². The van der Waals surface area contributed by atoms with Crippen LogP contribution in [0.15, 0.2) is 59.7 Å². The van der Waals surface area contributed by atoms with Crippen LogP contribution in [0.4, 0.5) is 0 Å². The molecule has 0 heterocycles. The average Bonchev–Trinajstić information content (AvgIpc) is 2.79. The predicted octanol–water partition coefficient (Wildman–Crippen LogP) is 7.37. The Kier molecular flexibility index (Phi) is 11.5. The van der Waals surface area contributed by atoms with Gasteiger partial charge in [-0.15, -0.1) is 0 Å². The quantitative estimate of drug-likeness (QED) is 0.181. The summed E-state index contributed by atoms with van der Waals surface area (Å²) in [4.78, 5) is 0. The number of benzene rings is 2. The van der Waals surface area contributed by atoms with E-state index in [2.05, 4.69) is 76.3 Å². The maximum atomic E-state index is 5.94. The van der Waals surface area contributed by atoms with Gasteiger partial charge in [0.2, 0.25) is 0 Å². The van der Waals surface area contributed by atoms with Gasteiger partial charge < -0.3 is 18.9 Å². The summed E-state index contributed by atoms with van der Waals surface area (Å²) in [5, 5.41) is 0. The highest BCUT2D eigenvalue weighted by Crippen LogP contribution is 2.33. The molecule has 0 N–H and O–H groups in total. The molecule has 2 rings (SSSR count). The van der Waals surface area contributed by atoms with Gasteiger partial charge in [0.15, 0.2) is 13.6 Å². The Morgan fingerprint density at radius 1 is 0.788 bits per heavy atom. The molecule has 178 valence electrons. The van der Waals surface area contributed by atoms with Gasteiger partial charge in [-0.1, -0.05) is 65.3 Å². The highest BCUT2D eigenvalue weighted by molar-refractivity contribution is 5.72. The van der Waals surface area contributed by atoms with Gasteiger partial charge in [-0.3, -0.25) is 0 Å². The van der Waals surface area contributed by atoms with Gasteiger partial charge in [-0.05, 0) is 70.2 Å². The van der Waals surface area contributed by atoms with E-state index in [-0.39, 0.29) is 13.6 Å². The van der Waals surface area contributed by atoms with Gasteiger partial charge in [0.25, 0.3) is 0 Å². The van der Waals surface area contributed by atoms with Crippen molar-refractivity contribution in [3.63, 3.8) is 0 Å². The van der Waals surface area contributed by atoms with Crippen LogP contribution in [-0.4, -0.2) is 27.8 Å². The van der Waals surface area contributed by atoms with Crippen molar-refractivity contribution in [3.8, 4) is 11.5 Å². The summed E-state index contributed by atoms with van der Waals surface area (Å²) in [6, 6.07) is 12.5. The van der Waals surface area contributed by atoms with Gasteiger partial charge in [0, 0.05) is 19.8 Å². The number of rotatable bonds is 13. The average molecular weight is 451 g/mol. The van der Waals surface area contributed by atoms with Gasteiger partial charge >= 0.3 is 0 Å². The summed E-state index contributed by atoms with van der Waals surface area (Å²) in [6.07, 6.45) is 11.5. The minimum Gasteiger partial charge on any atom is -0.467 e. The number of methoxy groups -OCH3 is 2. The van der Waals surface area contributed by atoms with Gasteiger partial charge in [-0.25, -0.2) is 0 Å². The van der Waals surface area contributed by atoms with E-state index in [9.17, 15) is 0 Å². The molecule has 0 aliphatic heterocycles. The molecule has 2 aromatic rings. The van der Waals surface area contributed by atoms with Crippen LogP contribution >= 0.6 is 0 Å². The first-order chi connectivity index (χ1) is 15.9. The van der Waals surface area contributed by atoms with Crippen LogP contribution in [-0.2, 0) is 15.9 Å². The molecule has 0 amide bonds. The summed E-state index contributed by atoms with van der Waals surface area (Å²) in [5.41, 5.74) is 7.04. The van der Waals surface area contributed by atoms with E-state index in [0.29, 0.717) is 6.42 Å². The number of allylic oxidation sites excluding steroid dienone is 4. The molecule has 0 spiro atoms. The van der Waals surface area contributed by atoms with Crippen LogP contribution in [0.2, 0.25) is 0 Å². The van der Waals surface area contributed by atoms with E-state index in [1.807, 2.05) is 12.1 Å². The Morgan fingerprint density at radius 3 is 1.91 bits per heavy atom. The second-order valence-corrected chi connectivity index (χ2v) is 8.42.